The summed E-state index contributed by atoms with van der Waals surface area (Å²) in [7, 11) is 3.54. The highest BCUT2D eigenvalue weighted by Gasteiger charge is 2.19. The van der Waals surface area contributed by atoms with Crippen LogP contribution in [0, 0.1) is 0 Å². The minimum absolute atomic E-state index is 0.183. The predicted molar refractivity (Wildman–Crippen MR) is 102 cm³/mol. The van der Waals surface area contributed by atoms with Gasteiger partial charge in [-0.05, 0) is 29.3 Å². The summed E-state index contributed by atoms with van der Waals surface area (Å²) < 4.78 is 7.04. The van der Waals surface area contributed by atoms with E-state index in [0.29, 0.717) is 0 Å². The molecule has 0 spiro atoms. The average Bonchev–Trinajstić information content (AvgIpc) is 3.11. The summed E-state index contributed by atoms with van der Waals surface area (Å²) in [5.74, 6) is 1.38. The van der Waals surface area contributed by atoms with E-state index in [1.54, 1.807) is 19.4 Å². The fourth-order valence-corrected chi connectivity index (χ4v) is 2.68. The summed E-state index contributed by atoms with van der Waals surface area (Å²) in [4.78, 5) is 16.9. The molecule has 26 heavy (non-hydrogen) atoms. The maximum absolute atomic E-state index is 12.5. The van der Waals surface area contributed by atoms with Crippen molar-refractivity contribution < 1.29 is 9.53 Å². The van der Waals surface area contributed by atoms with Crippen molar-refractivity contribution in [2.24, 2.45) is 7.05 Å². The zero-order chi connectivity index (χ0) is 18.4. The van der Waals surface area contributed by atoms with Gasteiger partial charge in [-0.2, -0.15) is 0 Å². The van der Waals surface area contributed by atoms with Gasteiger partial charge in [0.2, 0.25) is 5.91 Å². The second-order valence-corrected chi connectivity index (χ2v) is 5.86. The van der Waals surface area contributed by atoms with E-state index in [-0.39, 0.29) is 11.9 Å². The Labute approximate surface area is 153 Å². The second-order valence-electron chi connectivity index (χ2n) is 5.86. The Morgan fingerprint density at radius 1 is 1.15 bits per heavy atom. The number of hydrogen-bond donors (Lipinski definition) is 1. The molecule has 0 saturated heterocycles. The number of benzene rings is 2. The van der Waals surface area contributed by atoms with Crippen molar-refractivity contribution in [2.45, 2.75) is 6.04 Å². The molecule has 1 amide bonds. The molecule has 1 heterocycles. The fraction of sp³-hybridized carbons (Fsp3) is 0.143. The first-order chi connectivity index (χ1) is 12.7. The van der Waals surface area contributed by atoms with Crippen molar-refractivity contribution in [1.82, 2.24) is 14.9 Å². The Balaban J connectivity index is 1.77. The first-order valence-electron chi connectivity index (χ1n) is 8.32. The van der Waals surface area contributed by atoms with Gasteiger partial charge in [-0.25, -0.2) is 4.98 Å². The number of ether oxygens (including phenoxy) is 1. The number of methoxy groups -OCH3 is 1. The molecular formula is C21H21N3O2. The first kappa shape index (κ1) is 17.5. The van der Waals surface area contributed by atoms with Crippen LogP contribution in [0.5, 0.6) is 5.75 Å². The largest absolute Gasteiger partial charge is 0.497 e. The highest BCUT2D eigenvalue weighted by Crippen LogP contribution is 2.20. The van der Waals surface area contributed by atoms with Gasteiger partial charge in [-0.1, -0.05) is 42.5 Å². The van der Waals surface area contributed by atoms with Crippen LogP contribution in [-0.4, -0.2) is 22.6 Å². The van der Waals surface area contributed by atoms with E-state index >= 15 is 0 Å². The van der Waals surface area contributed by atoms with Crippen molar-refractivity contribution in [3.63, 3.8) is 0 Å². The topological polar surface area (TPSA) is 56.1 Å². The number of imidazole rings is 1. The van der Waals surface area contributed by atoms with Crippen LogP contribution in [0.15, 0.2) is 73.1 Å². The summed E-state index contributed by atoms with van der Waals surface area (Å²) in [6.07, 6.45) is 6.89. The number of nitrogens with one attached hydrogen (secondary N) is 1. The molecule has 0 aliphatic carbocycles. The smallest absolute Gasteiger partial charge is 0.244 e. The van der Waals surface area contributed by atoms with Crippen LogP contribution in [0.2, 0.25) is 0 Å². The monoisotopic (exact) mass is 347 g/mol. The van der Waals surface area contributed by atoms with Gasteiger partial charge in [0.15, 0.2) is 0 Å². The Bertz CT molecular complexity index is 883. The van der Waals surface area contributed by atoms with Crippen molar-refractivity contribution >= 4 is 12.0 Å². The van der Waals surface area contributed by atoms with E-state index in [1.165, 1.54) is 6.08 Å². The third-order valence-corrected chi connectivity index (χ3v) is 4.08. The van der Waals surface area contributed by atoms with Crippen LogP contribution in [0.1, 0.15) is 23.0 Å². The standard InChI is InChI=1S/C21H21N3O2/c1-24-15-14-22-21(24)20(17-6-4-3-5-7-17)23-19(25)13-10-16-8-11-18(26-2)12-9-16/h3-15,20H,1-2H3,(H,23,25)/b13-10+. The lowest BCUT2D eigenvalue weighted by Gasteiger charge is -2.18. The molecule has 3 aromatic rings. The molecule has 0 fully saturated rings. The maximum atomic E-state index is 12.5. The summed E-state index contributed by atoms with van der Waals surface area (Å²) >= 11 is 0. The molecule has 3 rings (SSSR count). The first-order valence-corrected chi connectivity index (χ1v) is 8.32. The van der Waals surface area contributed by atoms with Crippen LogP contribution >= 0.6 is 0 Å². The Kier molecular flexibility index (Phi) is 5.49. The van der Waals surface area contributed by atoms with Crippen molar-refractivity contribution in [1.29, 1.82) is 0 Å². The summed E-state index contributed by atoms with van der Waals surface area (Å²) in [5.41, 5.74) is 1.90. The van der Waals surface area contributed by atoms with Gasteiger partial charge in [0.05, 0.1) is 7.11 Å². The van der Waals surface area contributed by atoms with E-state index in [1.807, 2.05) is 72.4 Å². The lowest BCUT2D eigenvalue weighted by atomic mass is 10.1. The summed E-state index contributed by atoms with van der Waals surface area (Å²) in [6, 6.07) is 17.0. The predicted octanol–water partition coefficient (Wildman–Crippen LogP) is 3.35. The molecule has 132 valence electrons. The van der Waals surface area contributed by atoms with Crippen LogP contribution in [0.4, 0.5) is 0 Å². The Hall–Kier alpha value is -3.34. The lowest BCUT2D eigenvalue weighted by Crippen LogP contribution is -2.29. The number of amides is 1. The number of rotatable bonds is 6. The molecule has 5 nitrogen and oxygen atoms in total. The normalized spacial score (nSPS) is 12.1. The molecule has 1 N–H and O–H groups in total. The zero-order valence-corrected chi connectivity index (χ0v) is 14.8. The Morgan fingerprint density at radius 3 is 2.50 bits per heavy atom. The lowest BCUT2D eigenvalue weighted by molar-refractivity contribution is -0.117. The molecule has 1 atom stereocenters. The molecule has 0 aliphatic rings. The van der Waals surface area contributed by atoms with Gasteiger partial charge < -0.3 is 14.6 Å². The van der Waals surface area contributed by atoms with E-state index in [0.717, 1.165) is 22.7 Å². The minimum Gasteiger partial charge on any atom is -0.497 e. The van der Waals surface area contributed by atoms with Gasteiger partial charge in [0.1, 0.15) is 17.6 Å². The number of carbonyl (C=O) groups is 1. The molecule has 0 bridgehead atoms. The van der Waals surface area contributed by atoms with E-state index in [4.69, 9.17) is 4.74 Å². The molecule has 0 saturated carbocycles. The highest BCUT2D eigenvalue weighted by atomic mass is 16.5. The van der Waals surface area contributed by atoms with Crippen LogP contribution in [0.3, 0.4) is 0 Å². The van der Waals surface area contributed by atoms with Crippen LogP contribution in [0.25, 0.3) is 6.08 Å². The van der Waals surface area contributed by atoms with Gasteiger partial charge in [0.25, 0.3) is 0 Å². The van der Waals surface area contributed by atoms with Gasteiger partial charge in [-0.15, -0.1) is 0 Å². The number of hydrogen-bond acceptors (Lipinski definition) is 3. The van der Waals surface area contributed by atoms with E-state index in [9.17, 15) is 4.79 Å². The number of aromatic nitrogens is 2. The number of nitrogens with zero attached hydrogens (tertiary/aromatic N) is 2. The van der Waals surface area contributed by atoms with Crippen LogP contribution in [-0.2, 0) is 11.8 Å². The molecular weight excluding hydrogens is 326 g/mol. The van der Waals surface area contributed by atoms with Gasteiger partial charge >= 0.3 is 0 Å². The third-order valence-electron chi connectivity index (χ3n) is 4.08. The maximum Gasteiger partial charge on any atom is 0.244 e. The van der Waals surface area contributed by atoms with Crippen molar-refractivity contribution in [3.8, 4) is 5.75 Å². The molecule has 2 aromatic carbocycles. The van der Waals surface area contributed by atoms with Gasteiger partial charge in [-0.3, -0.25) is 4.79 Å². The van der Waals surface area contributed by atoms with Crippen LogP contribution < -0.4 is 10.1 Å². The summed E-state index contributed by atoms with van der Waals surface area (Å²) in [6.45, 7) is 0. The molecule has 1 aromatic heterocycles. The van der Waals surface area contributed by atoms with E-state index < -0.39 is 0 Å². The van der Waals surface area contributed by atoms with Crippen molar-refractivity contribution in [2.75, 3.05) is 7.11 Å². The fourth-order valence-electron chi connectivity index (χ4n) is 2.68. The minimum atomic E-state index is -0.316. The molecule has 1 unspecified atom stereocenters. The Morgan fingerprint density at radius 2 is 1.88 bits per heavy atom. The zero-order valence-electron chi connectivity index (χ0n) is 14.8. The molecule has 5 heteroatoms. The van der Waals surface area contributed by atoms with Crippen molar-refractivity contribution in [3.05, 3.63) is 90.0 Å². The third kappa shape index (κ3) is 4.19. The molecule has 0 aliphatic heterocycles. The summed E-state index contributed by atoms with van der Waals surface area (Å²) in [5, 5.41) is 3.04. The quantitative estimate of drug-likeness (QED) is 0.696. The molecule has 0 radical (unpaired) electrons. The highest BCUT2D eigenvalue weighted by molar-refractivity contribution is 5.92. The van der Waals surface area contributed by atoms with E-state index in [2.05, 4.69) is 10.3 Å². The van der Waals surface area contributed by atoms with Gasteiger partial charge in [0, 0.05) is 25.5 Å². The second kappa shape index (κ2) is 8.16. The average molecular weight is 347 g/mol. The number of carbonyl (C=O) groups excluding carboxylic acids is 1. The SMILES string of the molecule is COc1ccc(/C=C/C(=O)NC(c2ccccc2)c2nccn2C)cc1. The number of aryl methyl sites for hydroxylation is 1.